The van der Waals surface area contributed by atoms with Crippen LogP contribution in [0.15, 0.2) is 24.3 Å². The van der Waals surface area contributed by atoms with Gasteiger partial charge in [0, 0.05) is 18.9 Å². The Labute approximate surface area is 123 Å². The maximum Gasteiger partial charge on any atom is 0.414 e. The molecule has 1 saturated carbocycles. The van der Waals surface area contributed by atoms with Gasteiger partial charge in [-0.3, -0.25) is 9.69 Å². The van der Waals surface area contributed by atoms with Gasteiger partial charge in [-0.15, -0.1) is 0 Å². The highest BCUT2D eigenvalue weighted by molar-refractivity contribution is 6.33. The number of amides is 1. The predicted molar refractivity (Wildman–Crippen MR) is 78.2 cm³/mol. The van der Waals surface area contributed by atoms with Crippen molar-refractivity contribution in [1.82, 2.24) is 0 Å². The third-order valence-electron chi connectivity index (χ3n) is 3.62. The van der Waals surface area contributed by atoms with E-state index < -0.39 is 6.09 Å². The van der Waals surface area contributed by atoms with Crippen LogP contribution in [0, 0.1) is 5.92 Å². The first-order valence-electron chi connectivity index (χ1n) is 6.76. The van der Waals surface area contributed by atoms with Gasteiger partial charge in [0.1, 0.15) is 5.78 Å². The maximum absolute atomic E-state index is 12.0. The molecule has 20 heavy (non-hydrogen) atoms. The summed E-state index contributed by atoms with van der Waals surface area (Å²) in [5, 5.41) is 0.473. The number of carbonyl (C=O) groups excluding carboxylic acids is 2. The smallest absolute Gasteiger partial charge is 0.414 e. The van der Waals surface area contributed by atoms with Gasteiger partial charge in [0.05, 0.1) is 17.8 Å². The molecule has 0 radical (unpaired) electrons. The van der Waals surface area contributed by atoms with Crippen LogP contribution in [0.1, 0.15) is 25.7 Å². The van der Waals surface area contributed by atoms with Gasteiger partial charge in [-0.2, -0.15) is 0 Å². The molecule has 1 aromatic rings. The molecule has 0 spiro atoms. The molecule has 1 aromatic carbocycles. The van der Waals surface area contributed by atoms with Gasteiger partial charge in [0.2, 0.25) is 0 Å². The summed E-state index contributed by atoms with van der Waals surface area (Å²) in [7, 11) is 1.33. The summed E-state index contributed by atoms with van der Waals surface area (Å²) in [6, 6.07) is 7.08. The molecule has 5 heteroatoms. The van der Waals surface area contributed by atoms with E-state index in [1.165, 1.54) is 12.0 Å². The molecule has 1 aliphatic carbocycles. The van der Waals surface area contributed by atoms with Crippen molar-refractivity contribution in [3.8, 4) is 0 Å². The van der Waals surface area contributed by atoms with E-state index in [4.69, 9.17) is 16.3 Å². The van der Waals surface area contributed by atoms with Crippen LogP contribution >= 0.6 is 11.6 Å². The fourth-order valence-electron chi connectivity index (χ4n) is 2.52. The van der Waals surface area contributed by atoms with E-state index in [9.17, 15) is 9.59 Å². The molecule has 1 atom stereocenters. The van der Waals surface area contributed by atoms with E-state index in [-0.39, 0.29) is 11.7 Å². The zero-order valence-corrected chi connectivity index (χ0v) is 12.2. The summed E-state index contributed by atoms with van der Waals surface area (Å²) in [6.07, 6.45) is 2.89. The highest BCUT2D eigenvalue weighted by Crippen LogP contribution is 2.29. The summed E-state index contributed by atoms with van der Waals surface area (Å²) in [5.41, 5.74) is 0.583. The Hall–Kier alpha value is -1.55. The van der Waals surface area contributed by atoms with E-state index in [0.29, 0.717) is 23.7 Å². The Balaban J connectivity index is 2.22. The Morgan fingerprint density at radius 3 is 2.80 bits per heavy atom. The minimum absolute atomic E-state index is 0.126. The summed E-state index contributed by atoms with van der Waals surface area (Å²) in [6.45, 7) is 0.329. The van der Waals surface area contributed by atoms with E-state index in [1.807, 2.05) is 0 Å². The number of para-hydroxylation sites is 1. The van der Waals surface area contributed by atoms with E-state index >= 15 is 0 Å². The summed E-state index contributed by atoms with van der Waals surface area (Å²) < 4.78 is 4.82. The Kier molecular flexibility index (Phi) is 5.01. The second-order valence-corrected chi connectivity index (χ2v) is 5.35. The number of hydrogen-bond donors (Lipinski definition) is 0. The molecule has 0 N–H and O–H groups in total. The largest absolute Gasteiger partial charge is 0.452 e. The average molecular weight is 296 g/mol. The molecule has 1 aliphatic rings. The minimum Gasteiger partial charge on any atom is -0.452 e. The van der Waals surface area contributed by atoms with E-state index in [1.54, 1.807) is 24.3 Å². The van der Waals surface area contributed by atoms with Gasteiger partial charge in [-0.1, -0.05) is 30.2 Å². The Morgan fingerprint density at radius 1 is 1.40 bits per heavy atom. The molecule has 1 fully saturated rings. The topological polar surface area (TPSA) is 46.6 Å². The van der Waals surface area contributed by atoms with Crippen molar-refractivity contribution >= 4 is 29.2 Å². The fourth-order valence-corrected chi connectivity index (χ4v) is 2.76. The number of carbonyl (C=O) groups is 2. The Bertz CT molecular complexity index is 504. The summed E-state index contributed by atoms with van der Waals surface area (Å²) in [4.78, 5) is 25.4. The first-order chi connectivity index (χ1) is 9.63. The quantitative estimate of drug-likeness (QED) is 0.854. The van der Waals surface area contributed by atoms with E-state index in [0.717, 1.165) is 19.3 Å². The number of halogens is 1. The monoisotopic (exact) mass is 295 g/mol. The zero-order chi connectivity index (χ0) is 14.5. The molecule has 2 rings (SSSR count). The highest BCUT2D eigenvalue weighted by Gasteiger charge is 2.28. The molecule has 4 nitrogen and oxygen atoms in total. The van der Waals surface area contributed by atoms with Crippen molar-refractivity contribution < 1.29 is 14.3 Å². The highest BCUT2D eigenvalue weighted by atomic mass is 35.5. The third kappa shape index (κ3) is 3.31. The molecule has 0 saturated heterocycles. The van der Waals surface area contributed by atoms with Crippen LogP contribution in [0.3, 0.4) is 0 Å². The first kappa shape index (κ1) is 14.9. The maximum atomic E-state index is 12.0. The average Bonchev–Trinajstić information content (AvgIpc) is 2.47. The van der Waals surface area contributed by atoms with Gasteiger partial charge in [0.15, 0.2) is 0 Å². The number of ether oxygens (including phenoxy) is 1. The lowest BCUT2D eigenvalue weighted by molar-refractivity contribution is -0.124. The predicted octanol–water partition coefficient (Wildman–Crippen LogP) is 3.67. The zero-order valence-electron chi connectivity index (χ0n) is 11.5. The van der Waals surface area contributed by atoms with Crippen LogP contribution in [-0.4, -0.2) is 25.5 Å². The van der Waals surface area contributed by atoms with Crippen LogP contribution in [0.25, 0.3) is 0 Å². The molecule has 0 unspecified atom stereocenters. The first-order valence-corrected chi connectivity index (χ1v) is 7.14. The fraction of sp³-hybridized carbons (Fsp3) is 0.467. The number of ketones is 1. The van der Waals surface area contributed by atoms with Crippen molar-refractivity contribution in [2.75, 3.05) is 18.6 Å². The SMILES string of the molecule is COC(=O)N(C[C@@H]1CCCCC1=O)c1ccccc1Cl. The van der Waals surface area contributed by atoms with Gasteiger partial charge >= 0.3 is 6.09 Å². The number of nitrogens with zero attached hydrogens (tertiary/aromatic N) is 1. The van der Waals surface area contributed by atoms with E-state index in [2.05, 4.69) is 0 Å². The lowest BCUT2D eigenvalue weighted by Crippen LogP contribution is -2.39. The lowest BCUT2D eigenvalue weighted by Gasteiger charge is -2.28. The van der Waals surface area contributed by atoms with Gasteiger partial charge < -0.3 is 4.74 Å². The number of methoxy groups -OCH3 is 1. The molecule has 1 amide bonds. The van der Waals surface area contributed by atoms with Crippen LogP contribution in [0.5, 0.6) is 0 Å². The molecule has 0 aliphatic heterocycles. The molecular weight excluding hydrogens is 278 g/mol. The van der Waals surface area contributed by atoms with Crippen LogP contribution < -0.4 is 4.90 Å². The van der Waals surface area contributed by atoms with Crippen molar-refractivity contribution in [2.45, 2.75) is 25.7 Å². The van der Waals surface area contributed by atoms with Crippen LogP contribution in [0.4, 0.5) is 10.5 Å². The standard InChI is InChI=1S/C15H18ClNO3/c1-20-15(19)17(13-8-4-3-7-12(13)16)10-11-6-2-5-9-14(11)18/h3-4,7-8,11H,2,5-6,9-10H2,1H3/t11-/m0/s1. The summed E-state index contributed by atoms with van der Waals surface area (Å²) in [5.74, 6) is 0.0938. The number of rotatable bonds is 3. The Morgan fingerprint density at radius 2 is 2.15 bits per heavy atom. The molecule has 108 valence electrons. The minimum atomic E-state index is -0.489. The van der Waals surface area contributed by atoms with Gasteiger partial charge in [-0.25, -0.2) is 4.79 Å². The van der Waals surface area contributed by atoms with Crippen molar-refractivity contribution in [3.63, 3.8) is 0 Å². The number of benzene rings is 1. The molecule has 0 heterocycles. The lowest BCUT2D eigenvalue weighted by atomic mass is 9.87. The van der Waals surface area contributed by atoms with Gasteiger partial charge in [0.25, 0.3) is 0 Å². The number of anilines is 1. The molecular formula is C15H18ClNO3. The second kappa shape index (κ2) is 6.75. The summed E-state index contributed by atoms with van der Waals surface area (Å²) >= 11 is 6.14. The third-order valence-corrected chi connectivity index (χ3v) is 3.94. The molecule has 0 aromatic heterocycles. The molecule has 0 bridgehead atoms. The van der Waals surface area contributed by atoms with Crippen LogP contribution in [-0.2, 0) is 9.53 Å². The normalized spacial score (nSPS) is 18.7. The number of hydrogen-bond acceptors (Lipinski definition) is 3. The number of Topliss-reactive ketones (excluding diaryl/α,β-unsaturated/α-hetero) is 1. The van der Waals surface area contributed by atoms with Crippen molar-refractivity contribution in [3.05, 3.63) is 29.3 Å². The van der Waals surface area contributed by atoms with Crippen molar-refractivity contribution in [1.29, 1.82) is 0 Å². The second-order valence-electron chi connectivity index (χ2n) is 4.94. The van der Waals surface area contributed by atoms with Crippen LogP contribution in [0.2, 0.25) is 5.02 Å². The van der Waals surface area contributed by atoms with Crippen molar-refractivity contribution in [2.24, 2.45) is 5.92 Å². The van der Waals surface area contributed by atoms with Gasteiger partial charge in [-0.05, 0) is 25.0 Å².